The second-order valence-corrected chi connectivity index (χ2v) is 8.74. The third-order valence-electron chi connectivity index (χ3n) is 6.26. The van der Waals surface area contributed by atoms with Gasteiger partial charge in [-0.2, -0.15) is 0 Å². The molecule has 0 bridgehead atoms. The highest BCUT2D eigenvalue weighted by atomic mass is 35.5. The molecule has 2 aliphatic rings. The maximum atomic E-state index is 12.8. The fourth-order valence-electron chi connectivity index (χ4n) is 4.68. The molecule has 158 valence electrons. The first-order valence-electron chi connectivity index (χ1n) is 11.0. The molecule has 1 aromatic carbocycles. The van der Waals surface area contributed by atoms with Gasteiger partial charge in [0.05, 0.1) is 0 Å². The number of likely N-dealkylation sites (tertiary alicyclic amines) is 1. The minimum absolute atomic E-state index is 0.0319. The van der Waals surface area contributed by atoms with E-state index in [1.807, 2.05) is 23.1 Å². The first-order valence-corrected chi connectivity index (χ1v) is 11.4. The van der Waals surface area contributed by atoms with Crippen molar-refractivity contribution in [1.29, 1.82) is 0 Å². The van der Waals surface area contributed by atoms with Gasteiger partial charge in [0, 0.05) is 24.2 Å². The normalized spacial score (nSPS) is 20.9. The summed E-state index contributed by atoms with van der Waals surface area (Å²) in [7, 11) is 0. The maximum Gasteiger partial charge on any atom is 0.235 e. The molecule has 2 fully saturated rings. The number of rotatable bonds is 7. The third-order valence-corrected chi connectivity index (χ3v) is 6.50. The smallest absolute Gasteiger partial charge is 0.235 e. The highest BCUT2D eigenvalue weighted by Gasteiger charge is 2.39. The molecule has 1 aliphatic heterocycles. The molecule has 1 aliphatic carbocycles. The van der Waals surface area contributed by atoms with Crippen LogP contribution in [0.2, 0.25) is 5.02 Å². The molecule has 0 aromatic heterocycles. The predicted octanol–water partition coefficient (Wildman–Crippen LogP) is 5.13. The van der Waals surface area contributed by atoms with Crippen molar-refractivity contribution >= 4 is 29.0 Å². The van der Waals surface area contributed by atoms with Gasteiger partial charge in [0.1, 0.15) is 5.92 Å². The summed E-state index contributed by atoms with van der Waals surface area (Å²) in [5.41, 5.74) is 3.50. The molecule has 2 amide bonds. The van der Waals surface area contributed by atoms with E-state index in [0.717, 1.165) is 42.8 Å². The van der Waals surface area contributed by atoms with Crippen LogP contribution in [-0.4, -0.2) is 35.8 Å². The molecule has 1 saturated carbocycles. The second kappa shape index (κ2) is 10.3. The molecule has 0 radical (unpaired) electrons. The second-order valence-electron chi connectivity index (χ2n) is 8.30. The number of nitrogens with zero attached hydrogens (tertiary/aromatic N) is 1. The molecule has 29 heavy (non-hydrogen) atoms. The Bertz CT molecular complexity index is 768. The Balaban J connectivity index is 1.55. The quantitative estimate of drug-likeness (QED) is 0.626. The molecule has 5 heteroatoms. The minimum atomic E-state index is -0.511. The average Bonchev–Trinajstić information content (AvgIpc) is 3.11. The van der Waals surface area contributed by atoms with Crippen LogP contribution >= 0.6 is 11.6 Å². The van der Waals surface area contributed by atoms with Crippen molar-refractivity contribution < 1.29 is 9.59 Å². The molecule has 1 aromatic rings. The van der Waals surface area contributed by atoms with Gasteiger partial charge in [-0.05, 0) is 67.9 Å². The van der Waals surface area contributed by atoms with Crippen LogP contribution in [0.5, 0.6) is 0 Å². The van der Waals surface area contributed by atoms with E-state index in [4.69, 9.17) is 11.6 Å². The summed E-state index contributed by atoms with van der Waals surface area (Å²) < 4.78 is 0. The van der Waals surface area contributed by atoms with Gasteiger partial charge in [-0.25, -0.2) is 0 Å². The van der Waals surface area contributed by atoms with Crippen molar-refractivity contribution in [2.75, 3.05) is 13.1 Å². The van der Waals surface area contributed by atoms with Gasteiger partial charge in [-0.15, -0.1) is 0 Å². The van der Waals surface area contributed by atoms with E-state index in [1.165, 1.54) is 30.4 Å². The lowest BCUT2D eigenvalue weighted by atomic mass is 9.94. The number of carbonyl (C=O) groups excluding carboxylic acids is 2. The Kier molecular flexibility index (Phi) is 7.77. The summed E-state index contributed by atoms with van der Waals surface area (Å²) in [4.78, 5) is 27.4. The van der Waals surface area contributed by atoms with Crippen LogP contribution in [0.15, 0.2) is 24.3 Å². The van der Waals surface area contributed by atoms with Crippen LogP contribution in [0.4, 0.5) is 0 Å². The molecule has 1 heterocycles. The third kappa shape index (κ3) is 5.42. The van der Waals surface area contributed by atoms with E-state index in [9.17, 15) is 9.59 Å². The summed E-state index contributed by atoms with van der Waals surface area (Å²) in [6, 6.07) is 6.26. The number of nitrogens with one attached hydrogen (secondary N) is 1. The zero-order chi connectivity index (χ0) is 20.8. The largest absolute Gasteiger partial charge is 0.355 e. The number of allylic oxidation sites excluding steroid dienone is 1. The van der Waals surface area contributed by atoms with Gasteiger partial charge >= 0.3 is 0 Å². The molecule has 1 unspecified atom stereocenters. The number of halogens is 1. The van der Waals surface area contributed by atoms with Gasteiger partial charge in [0.2, 0.25) is 11.8 Å². The summed E-state index contributed by atoms with van der Waals surface area (Å²) in [6.45, 7) is 5.44. The Morgan fingerprint density at radius 2 is 2.00 bits per heavy atom. The Morgan fingerprint density at radius 3 is 2.72 bits per heavy atom. The molecular formula is C24H33ClN2O2. The molecule has 0 spiro atoms. The zero-order valence-corrected chi connectivity index (χ0v) is 18.4. The van der Waals surface area contributed by atoms with Gasteiger partial charge in [0.25, 0.3) is 0 Å². The molecule has 4 nitrogen and oxygen atoms in total. The van der Waals surface area contributed by atoms with E-state index >= 15 is 0 Å². The molecule has 1 atom stereocenters. The number of carbonyl (C=O) groups is 2. The number of amides is 2. The average molecular weight is 417 g/mol. The van der Waals surface area contributed by atoms with Crippen molar-refractivity contribution in [3.05, 3.63) is 40.4 Å². The molecule has 3 rings (SSSR count). The Hall–Kier alpha value is -1.81. The summed E-state index contributed by atoms with van der Waals surface area (Å²) in [5.74, 6) is -0.597. The van der Waals surface area contributed by atoms with Crippen LogP contribution in [-0.2, 0) is 9.59 Å². The van der Waals surface area contributed by atoms with Crippen LogP contribution in [0.3, 0.4) is 0 Å². The van der Waals surface area contributed by atoms with Gasteiger partial charge in [0.15, 0.2) is 0 Å². The predicted molar refractivity (Wildman–Crippen MR) is 119 cm³/mol. The highest BCUT2D eigenvalue weighted by Crippen LogP contribution is 2.29. The van der Waals surface area contributed by atoms with Crippen molar-refractivity contribution in [3.63, 3.8) is 0 Å². The van der Waals surface area contributed by atoms with Gasteiger partial charge in [-0.1, -0.05) is 49.9 Å². The van der Waals surface area contributed by atoms with Crippen molar-refractivity contribution in [1.82, 2.24) is 10.2 Å². The lowest BCUT2D eigenvalue weighted by molar-refractivity contribution is -0.139. The fourth-order valence-corrected chi connectivity index (χ4v) is 4.85. The molecular weight excluding hydrogens is 384 g/mol. The maximum absolute atomic E-state index is 12.8. The van der Waals surface area contributed by atoms with Crippen molar-refractivity contribution in [3.8, 4) is 0 Å². The van der Waals surface area contributed by atoms with Crippen LogP contribution < -0.4 is 5.32 Å². The number of hydrogen-bond donors (Lipinski definition) is 1. The van der Waals surface area contributed by atoms with Crippen LogP contribution in [0.1, 0.15) is 69.4 Å². The van der Waals surface area contributed by atoms with E-state index in [1.54, 1.807) is 0 Å². The minimum Gasteiger partial charge on any atom is -0.355 e. The fraction of sp³-hybridized carbons (Fsp3) is 0.583. The number of aryl methyl sites for hydroxylation is 1. The highest BCUT2D eigenvalue weighted by molar-refractivity contribution is 6.30. The Morgan fingerprint density at radius 1 is 1.24 bits per heavy atom. The van der Waals surface area contributed by atoms with E-state index in [-0.39, 0.29) is 11.8 Å². The van der Waals surface area contributed by atoms with Crippen LogP contribution in [0, 0.1) is 12.8 Å². The first kappa shape index (κ1) is 21.9. The van der Waals surface area contributed by atoms with Crippen molar-refractivity contribution in [2.24, 2.45) is 5.92 Å². The summed E-state index contributed by atoms with van der Waals surface area (Å²) in [5, 5.41) is 3.73. The monoisotopic (exact) mass is 416 g/mol. The molecule has 1 saturated heterocycles. The molecule has 1 N–H and O–H groups in total. The van der Waals surface area contributed by atoms with Gasteiger partial charge < -0.3 is 10.2 Å². The first-order chi connectivity index (χ1) is 14.0. The number of benzene rings is 1. The van der Waals surface area contributed by atoms with Crippen LogP contribution in [0.25, 0.3) is 5.57 Å². The summed E-state index contributed by atoms with van der Waals surface area (Å²) >= 11 is 6.19. The van der Waals surface area contributed by atoms with E-state index < -0.39 is 5.92 Å². The van der Waals surface area contributed by atoms with Crippen molar-refractivity contribution in [2.45, 2.75) is 71.3 Å². The summed E-state index contributed by atoms with van der Waals surface area (Å²) in [6.07, 6.45) is 10.3. The lowest BCUT2D eigenvalue weighted by Crippen LogP contribution is -2.42. The van der Waals surface area contributed by atoms with Gasteiger partial charge in [-0.3, -0.25) is 9.59 Å². The topological polar surface area (TPSA) is 49.4 Å². The zero-order valence-electron chi connectivity index (χ0n) is 17.7. The van der Waals surface area contributed by atoms with E-state index in [0.29, 0.717) is 19.0 Å². The SMILES string of the molecule is CC/C=C(/CCNC(=O)C1CCN(C2CCCCC2)C1=O)c1cc(Cl)ccc1C. The standard InChI is InChI=1S/C24H33ClN2O2/c1-3-7-18(22-16-19(25)11-10-17(22)2)12-14-26-23(28)21-13-15-27(24(21)29)20-8-5-4-6-9-20/h7,10-11,16,20-21H,3-6,8-9,12-15H2,1-2H3,(H,26,28)/b18-7-. The Labute approximate surface area is 179 Å². The number of hydrogen-bond acceptors (Lipinski definition) is 2. The van der Waals surface area contributed by atoms with E-state index in [2.05, 4.69) is 25.2 Å². The lowest BCUT2D eigenvalue weighted by Gasteiger charge is -2.31.